The van der Waals surface area contributed by atoms with Gasteiger partial charge in [0.25, 0.3) is 0 Å². The number of nitrogens with zero attached hydrogens (tertiary/aromatic N) is 2. The summed E-state index contributed by atoms with van der Waals surface area (Å²) in [5.41, 5.74) is 3.22. The number of carbonyl (C=O) groups excluding carboxylic acids is 1. The van der Waals surface area contributed by atoms with Gasteiger partial charge in [-0.05, 0) is 35.2 Å². The van der Waals surface area contributed by atoms with Gasteiger partial charge in [0.05, 0.1) is 18.0 Å². The molecule has 0 saturated heterocycles. The first-order valence-electron chi connectivity index (χ1n) is 9.61. The number of nitrogens with two attached hydrogens (primary N) is 1. The smallest absolute Gasteiger partial charge is 0.241 e. The molecule has 0 aliphatic rings. The van der Waals surface area contributed by atoms with Gasteiger partial charge in [-0.1, -0.05) is 43.3 Å². The maximum atomic E-state index is 11.9. The summed E-state index contributed by atoms with van der Waals surface area (Å²) in [6.07, 6.45) is 0.924. The molecule has 8 nitrogen and oxygen atoms in total. The zero-order chi connectivity index (χ0) is 22.1. The second-order valence-corrected chi connectivity index (χ2v) is 8.53. The van der Waals surface area contributed by atoms with E-state index in [9.17, 15) is 13.2 Å². The number of rotatable bonds is 8. The largest absolute Gasteiger partial charge is 0.352 e. The van der Waals surface area contributed by atoms with Crippen molar-refractivity contribution in [2.45, 2.75) is 31.3 Å². The topological polar surface area (TPSA) is 117 Å². The molecule has 0 bridgehead atoms. The number of hydrogen-bond acceptors (Lipinski definition) is 4. The van der Waals surface area contributed by atoms with E-state index in [-0.39, 0.29) is 41.3 Å². The van der Waals surface area contributed by atoms with Crippen LogP contribution in [0.5, 0.6) is 0 Å². The molecule has 0 aromatic heterocycles. The number of aliphatic imine (C=N–C) groups is 1. The van der Waals surface area contributed by atoms with E-state index in [0.717, 1.165) is 17.5 Å². The van der Waals surface area contributed by atoms with Gasteiger partial charge in [0, 0.05) is 20.6 Å². The molecule has 0 aliphatic carbocycles. The quantitative estimate of drug-likeness (QED) is 0.259. The number of aryl methyl sites for hydroxylation is 1. The Balaban J connectivity index is 0.00000480. The Morgan fingerprint density at radius 1 is 1.03 bits per heavy atom. The zero-order valence-electron chi connectivity index (χ0n) is 18.0. The van der Waals surface area contributed by atoms with Gasteiger partial charge in [0.2, 0.25) is 15.9 Å². The van der Waals surface area contributed by atoms with E-state index in [1.165, 1.54) is 22.6 Å². The van der Waals surface area contributed by atoms with Crippen molar-refractivity contribution in [3.63, 3.8) is 0 Å². The van der Waals surface area contributed by atoms with Crippen molar-refractivity contribution in [2.75, 3.05) is 20.6 Å². The number of halogens is 1. The monoisotopic (exact) mass is 559 g/mol. The predicted molar refractivity (Wildman–Crippen MR) is 134 cm³/mol. The van der Waals surface area contributed by atoms with Gasteiger partial charge in [-0.2, -0.15) is 0 Å². The minimum absolute atomic E-state index is 0. The Kier molecular flexibility index (Phi) is 10.9. The molecule has 2 rings (SSSR count). The summed E-state index contributed by atoms with van der Waals surface area (Å²) in [5, 5.41) is 11.4. The Hall–Kier alpha value is -2.18. The lowest BCUT2D eigenvalue weighted by atomic mass is 10.1. The fourth-order valence-corrected chi connectivity index (χ4v) is 3.22. The highest BCUT2D eigenvalue weighted by molar-refractivity contribution is 14.0. The van der Waals surface area contributed by atoms with Gasteiger partial charge in [0.1, 0.15) is 0 Å². The lowest BCUT2D eigenvalue weighted by Gasteiger charge is -2.16. The fourth-order valence-electron chi connectivity index (χ4n) is 2.70. The predicted octanol–water partition coefficient (Wildman–Crippen LogP) is 1.84. The van der Waals surface area contributed by atoms with Crippen LogP contribution in [-0.2, 0) is 34.3 Å². The van der Waals surface area contributed by atoms with Gasteiger partial charge in [-0.3, -0.25) is 4.79 Å². The van der Waals surface area contributed by atoms with E-state index in [2.05, 4.69) is 34.7 Å². The molecule has 0 fully saturated rings. The molecule has 0 spiro atoms. The second-order valence-electron chi connectivity index (χ2n) is 6.97. The summed E-state index contributed by atoms with van der Waals surface area (Å²) in [4.78, 5) is 18.0. The van der Waals surface area contributed by atoms with E-state index in [1.807, 2.05) is 12.1 Å². The summed E-state index contributed by atoms with van der Waals surface area (Å²) in [5.74, 6) is 0.419. The van der Waals surface area contributed by atoms with Crippen LogP contribution in [0.15, 0.2) is 58.4 Å². The van der Waals surface area contributed by atoms with E-state index in [4.69, 9.17) is 5.14 Å². The summed E-state index contributed by atoms with van der Waals surface area (Å²) in [6, 6.07) is 14.4. The number of carbonyl (C=O) groups is 1. The molecule has 31 heavy (non-hydrogen) atoms. The van der Waals surface area contributed by atoms with E-state index in [1.54, 1.807) is 26.2 Å². The molecule has 0 saturated carbocycles. The number of nitrogens with one attached hydrogen (secondary N) is 2. The van der Waals surface area contributed by atoms with E-state index >= 15 is 0 Å². The number of amides is 1. The number of primary sulfonamides is 1. The average Bonchev–Trinajstić information content (AvgIpc) is 2.72. The van der Waals surface area contributed by atoms with E-state index < -0.39 is 10.0 Å². The maximum Gasteiger partial charge on any atom is 0.241 e. The Bertz CT molecular complexity index is 992. The average molecular weight is 559 g/mol. The molecular weight excluding hydrogens is 529 g/mol. The third-order valence-electron chi connectivity index (χ3n) is 4.52. The number of likely N-dealkylation sites (N-methyl/N-ethyl adjacent to an activating group) is 1. The van der Waals surface area contributed by atoms with Crippen molar-refractivity contribution in [3.05, 3.63) is 65.2 Å². The molecular formula is C21H30IN5O3S. The third-order valence-corrected chi connectivity index (χ3v) is 5.45. The highest BCUT2D eigenvalue weighted by atomic mass is 127. The summed E-state index contributed by atoms with van der Waals surface area (Å²) >= 11 is 0. The molecule has 0 aliphatic heterocycles. The van der Waals surface area contributed by atoms with Crippen molar-refractivity contribution in [2.24, 2.45) is 10.1 Å². The van der Waals surface area contributed by atoms with Crippen LogP contribution in [0.1, 0.15) is 23.6 Å². The Morgan fingerprint density at radius 3 is 2.19 bits per heavy atom. The van der Waals surface area contributed by atoms with Crippen LogP contribution in [0.3, 0.4) is 0 Å². The van der Waals surface area contributed by atoms with Crippen LogP contribution in [0.2, 0.25) is 0 Å². The molecule has 170 valence electrons. The van der Waals surface area contributed by atoms with Gasteiger partial charge in [-0.15, -0.1) is 24.0 Å². The Labute approximate surface area is 201 Å². The Morgan fingerprint density at radius 2 is 1.65 bits per heavy atom. The van der Waals surface area contributed by atoms with Crippen molar-refractivity contribution in [1.29, 1.82) is 0 Å². The molecule has 0 radical (unpaired) electrons. The lowest BCUT2D eigenvalue weighted by Crippen LogP contribution is -2.42. The van der Waals surface area contributed by atoms with Crippen LogP contribution in [0, 0.1) is 0 Å². The summed E-state index contributed by atoms with van der Waals surface area (Å²) in [7, 11) is -0.339. The minimum Gasteiger partial charge on any atom is -0.352 e. The van der Waals surface area contributed by atoms with Crippen molar-refractivity contribution < 1.29 is 13.2 Å². The van der Waals surface area contributed by atoms with Crippen LogP contribution in [-0.4, -0.2) is 45.8 Å². The zero-order valence-corrected chi connectivity index (χ0v) is 21.1. The molecule has 0 heterocycles. The molecule has 0 unspecified atom stereocenters. The normalized spacial score (nSPS) is 11.4. The molecule has 1 amide bonds. The summed E-state index contributed by atoms with van der Waals surface area (Å²) < 4.78 is 22.8. The van der Waals surface area contributed by atoms with Crippen LogP contribution < -0.4 is 15.8 Å². The summed E-state index contributed by atoms with van der Waals surface area (Å²) in [6.45, 7) is 3.09. The second kappa shape index (κ2) is 12.6. The fraction of sp³-hybridized carbons (Fsp3) is 0.333. The van der Waals surface area contributed by atoms with Gasteiger partial charge < -0.3 is 15.5 Å². The highest BCUT2D eigenvalue weighted by Crippen LogP contribution is 2.10. The van der Waals surface area contributed by atoms with Crippen molar-refractivity contribution in [1.82, 2.24) is 15.5 Å². The number of hydrogen-bond donors (Lipinski definition) is 3. The number of guanidine groups is 1. The van der Waals surface area contributed by atoms with Crippen LogP contribution in [0.25, 0.3) is 0 Å². The first-order chi connectivity index (χ1) is 14.2. The van der Waals surface area contributed by atoms with Crippen LogP contribution >= 0.6 is 24.0 Å². The van der Waals surface area contributed by atoms with Gasteiger partial charge >= 0.3 is 0 Å². The van der Waals surface area contributed by atoms with Crippen molar-refractivity contribution in [3.8, 4) is 0 Å². The van der Waals surface area contributed by atoms with Crippen LogP contribution in [0.4, 0.5) is 0 Å². The molecule has 10 heteroatoms. The first-order valence-corrected chi connectivity index (χ1v) is 11.2. The molecule has 0 atom stereocenters. The van der Waals surface area contributed by atoms with E-state index in [0.29, 0.717) is 19.0 Å². The SMILES string of the molecule is CCc1ccccc1CNC(=NCc1ccc(S(N)(=O)=O)cc1)NCC(=O)N(C)C.I. The maximum absolute atomic E-state index is 11.9. The van der Waals surface area contributed by atoms with Gasteiger partial charge in [0.15, 0.2) is 5.96 Å². The lowest BCUT2D eigenvalue weighted by molar-refractivity contribution is -0.127. The molecule has 2 aromatic rings. The van der Waals surface area contributed by atoms with Gasteiger partial charge in [-0.25, -0.2) is 18.5 Å². The van der Waals surface area contributed by atoms with Crippen molar-refractivity contribution >= 4 is 45.9 Å². The standard InChI is InChI=1S/C21H29N5O3S.HI/c1-4-17-7-5-6-8-18(17)14-24-21(25-15-20(27)26(2)3)23-13-16-9-11-19(12-10-16)30(22,28)29;/h5-12H,4,13-15H2,1-3H3,(H2,22,28,29)(H2,23,24,25);1H. The first kappa shape index (κ1) is 26.9. The molecule has 4 N–H and O–H groups in total. The number of sulfonamides is 1. The highest BCUT2D eigenvalue weighted by Gasteiger charge is 2.09. The minimum atomic E-state index is -3.73. The molecule has 2 aromatic carbocycles. The number of benzene rings is 2. The third kappa shape index (κ3) is 8.83.